The van der Waals surface area contributed by atoms with Crippen molar-refractivity contribution < 1.29 is 9.53 Å². The topological polar surface area (TPSA) is 50.4 Å². The monoisotopic (exact) mass is 382 g/mol. The lowest BCUT2D eigenvalue weighted by molar-refractivity contribution is -0.119. The molecular weight excluding hydrogens is 348 g/mol. The van der Waals surface area contributed by atoms with Crippen LogP contribution in [0.5, 0.6) is 5.75 Å². The Morgan fingerprint density at radius 2 is 1.64 bits per heavy atom. The van der Waals surface area contributed by atoms with E-state index in [1.807, 2.05) is 30.3 Å². The van der Waals surface area contributed by atoms with E-state index < -0.39 is 0 Å². The second kappa shape index (κ2) is 13.6. The molecule has 28 heavy (non-hydrogen) atoms. The van der Waals surface area contributed by atoms with Gasteiger partial charge in [0.2, 0.25) is 5.91 Å². The van der Waals surface area contributed by atoms with E-state index in [2.05, 4.69) is 41.8 Å². The van der Waals surface area contributed by atoms with Crippen molar-refractivity contribution in [2.24, 2.45) is 0 Å². The highest BCUT2D eigenvalue weighted by atomic mass is 16.5. The number of rotatable bonds is 14. The van der Waals surface area contributed by atoms with Crippen molar-refractivity contribution in [3.05, 3.63) is 60.2 Å². The number of unbranched alkanes of at least 4 members (excludes halogenated alkanes) is 4. The number of hydrogen-bond donors (Lipinski definition) is 2. The molecule has 0 aliphatic rings. The minimum absolute atomic E-state index is 0.0226. The van der Waals surface area contributed by atoms with Crippen LogP contribution in [-0.4, -0.2) is 25.6 Å². The molecule has 0 spiro atoms. The Bertz CT molecular complexity index is 673. The summed E-state index contributed by atoms with van der Waals surface area (Å²) in [6.45, 7) is 3.87. The highest BCUT2D eigenvalue weighted by Crippen LogP contribution is 2.23. The number of carbonyl (C=O) groups is 1. The van der Waals surface area contributed by atoms with Crippen molar-refractivity contribution in [1.82, 2.24) is 5.32 Å². The summed E-state index contributed by atoms with van der Waals surface area (Å²) in [5.74, 6) is 0.817. The summed E-state index contributed by atoms with van der Waals surface area (Å²) in [7, 11) is 0. The van der Waals surface area contributed by atoms with E-state index in [0.29, 0.717) is 6.61 Å². The number of aryl methyl sites for hydroxylation is 1. The Hall–Kier alpha value is -2.49. The first-order valence-electron chi connectivity index (χ1n) is 10.6. The van der Waals surface area contributed by atoms with Gasteiger partial charge in [-0.15, -0.1) is 0 Å². The summed E-state index contributed by atoms with van der Waals surface area (Å²) in [6, 6.07) is 18.2. The van der Waals surface area contributed by atoms with Crippen LogP contribution in [0.15, 0.2) is 54.6 Å². The molecule has 0 aromatic heterocycles. The zero-order chi connectivity index (χ0) is 19.9. The predicted octanol–water partition coefficient (Wildman–Crippen LogP) is 5.20. The second-order valence-corrected chi connectivity index (χ2v) is 7.05. The molecule has 4 heteroatoms. The first-order valence-corrected chi connectivity index (χ1v) is 10.6. The molecule has 0 atom stereocenters. The fourth-order valence-electron chi connectivity index (χ4n) is 3.04. The van der Waals surface area contributed by atoms with Gasteiger partial charge >= 0.3 is 0 Å². The fourth-order valence-corrected chi connectivity index (χ4v) is 3.04. The lowest BCUT2D eigenvalue weighted by Crippen LogP contribution is -2.30. The van der Waals surface area contributed by atoms with E-state index in [1.165, 1.54) is 31.2 Å². The number of hydrogen-bond acceptors (Lipinski definition) is 3. The first kappa shape index (κ1) is 21.8. The zero-order valence-corrected chi connectivity index (χ0v) is 17.1. The van der Waals surface area contributed by atoms with Crippen molar-refractivity contribution in [1.29, 1.82) is 0 Å². The number of benzene rings is 2. The third-order valence-corrected chi connectivity index (χ3v) is 4.64. The average molecular weight is 383 g/mol. The quantitative estimate of drug-likeness (QED) is 0.442. The molecule has 0 heterocycles. The number of carbonyl (C=O) groups excluding carboxylic acids is 1. The largest absolute Gasteiger partial charge is 0.491 e. The summed E-state index contributed by atoms with van der Waals surface area (Å²) in [5.41, 5.74) is 2.18. The molecule has 2 rings (SSSR count). The molecule has 0 saturated carbocycles. The second-order valence-electron chi connectivity index (χ2n) is 7.05. The Morgan fingerprint density at radius 1 is 0.893 bits per heavy atom. The van der Waals surface area contributed by atoms with Crippen LogP contribution >= 0.6 is 0 Å². The lowest BCUT2D eigenvalue weighted by atomic mass is 10.1. The van der Waals surface area contributed by atoms with Crippen LogP contribution in [0.3, 0.4) is 0 Å². The fraction of sp³-hybridized carbons (Fsp3) is 0.458. The molecule has 0 aliphatic heterocycles. The Labute approximate surface area is 169 Å². The Balaban J connectivity index is 1.66. The Morgan fingerprint density at radius 3 is 2.46 bits per heavy atom. The first-order chi connectivity index (χ1) is 13.8. The maximum Gasteiger partial charge on any atom is 0.239 e. The van der Waals surface area contributed by atoms with Gasteiger partial charge in [0.25, 0.3) is 0 Å². The van der Waals surface area contributed by atoms with E-state index in [9.17, 15) is 4.79 Å². The minimum atomic E-state index is 0.0226. The highest BCUT2D eigenvalue weighted by Gasteiger charge is 2.05. The van der Waals surface area contributed by atoms with Gasteiger partial charge in [0.1, 0.15) is 5.75 Å². The van der Waals surface area contributed by atoms with Gasteiger partial charge in [0.05, 0.1) is 18.8 Å². The lowest BCUT2D eigenvalue weighted by Gasteiger charge is -2.13. The number of ether oxygens (including phenoxy) is 1. The maximum absolute atomic E-state index is 12.0. The van der Waals surface area contributed by atoms with Crippen LogP contribution in [0.2, 0.25) is 0 Å². The van der Waals surface area contributed by atoms with Gasteiger partial charge in [-0.2, -0.15) is 0 Å². The molecule has 2 N–H and O–H groups in total. The zero-order valence-electron chi connectivity index (χ0n) is 17.1. The summed E-state index contributed by atoms with van der Waals surface area (Å²) >= 11 is 0. The summed E-state index contributed by atoms with van der Waals surface area (Å²) < 4.78 is 5.93. The summed E-state index contributed by atoms with van der Waals surface area (Å²) in [5, 5.41) is 6.17. The number of para-hydroxylation sites is 2. The molecule has 152 valence electrons. The van der Waals surface area contributed by atoms with Crippen LogP contribution in [0.25, 0.3) is 0 Å². The van der Waals surface area contributed by atoms with E-state index in [0.717, 1.165) is 37.2 Å². The van der Waals surface area contributed by atoms with Crippen molar-refractivity contribution in [2.45, 2.75) is 51.9 Å². The smallest absolute Gasteiger partial charge is 0.239 e. The molecule has 0 radical (unpaired) electrons. The van der Waals surface area contributed by atoms with Crippen molar-refractivity contribution in [3.8, 4) is 5.75 Å². The van der Waals surface area contributed by atoms with Gasteiger partial charge in [0, 0.05) is 6.54 Å². The number of nitrogens with one attached hydrogen (secondary N) is 2. The molecule has 0 unspecified atom stereocenters. The van der Waals surface area contributed by atoms with Crippen molar-refractivity contribution in [3.63, 3.8) is 0 Å². The third-order valence-electron chi connectivity index (χ3n) is 4.64. The molecule has 0 fully saturated rings. The van der Waals surface area contributed by atoms with E-state index in [4.69, 9.17) is 4.74 Å². The van der Waals surface area contributed by atoms with Crippen molar-refractivity contribution in [2.75, 3.05) is 25.0 Å². The van der Waals surface area contributed by atoms with E-state index >= 15 is 0 Å². The predicted molar refractivity (Wildman–Crippen MR) is 117 cm³/mol. The molecule has 0 saturated heterocycles. The molecule has 4 nitrogen and oxygen atoms in total. The van der Waals surface area contributed by atoms with Crippen LogP contribution in [0.1, 0.15) is 51.0 Å². The molecule has 0 aliphatic carbocycles. The van der Waals surface area contributed by atoms with Crippen molar-refractivity contribution >= 4 is 11.6 Å². The minimum Gasteiger partial charge on any atom is -0.491 e. The van der Waals surface area contributed by atoms with Gasteiger partial charge in [-0.05, 0) is 37.0 Å². The highest BCUT2D eigenvalue weighted by molar-refractivity contribution is 5.81. The summed E-state index contributed by atoms with van der Waals surface area (Å²) in [6.07, 6.45) is 7.95. The van der Waals surface area contributed by atoms with Gasteiger partial charge < -0.3 is 15.4 Å². The molecule has 0 bridgehead atoms. The SMILES string of the molecule is CCCCCCCNC(=O)CNc1ccccc1OCCCc1ccccc1. The molecular formula is C24H34N2O2. The number of anilines is 1. The Kier molecular flexibility index (Phi) is 10.6. The molecule has 2 aromatic rings. The van der Waals surface area contributed by atoms with Gasteiger partial charge in [-0.1, -0.05) is 75.1 Å². The number of amides is 1. The van der Waals surface area contributed by atoms with Crippen LogP contribution in [0.4, 0.5) is 5.69 Å². The van der Waals surface area contributed by atoms with E-state index in [1.54, 1.807) is 0 Å². The van der Waals surface area contributed by atoms with Gasteiger partial charge in [0.15, 0.2) is 0 Å². The van der Waals surface area contributed by atoms with E-state index in [-0.39, 0.29) is 12.5 Å². The third kappa shape index (κ3) is 8.94. The van der Waals surface area contributed by atoms with Crippen LogP contribution in [-0.2, 0) is 11.2 Å². The maximum atomic E-state index is 12.0. The van der Waals surface area contributed by atoms with Gasteiger partial charge in [-0.3, -0.25) is 4.79 Å². The average Bonchev–Trinajstić information content (AvgIpc) is 2.73. The standard InChI is InChI=1S/C24H34N2O2/c1-2-3-4-5-11-18-25-24(27)20-26-22-16-9-10-17-23(22)28-19-12-15-21-13-7-6-8-14-21/h6-10,13-14,16-17,26H,2-5,11-12,15,18-20H2,1H3,(H,25,27). The van der Waals surface area contributed by atoms with Crippen LogP contribution < -0.4 is 15.4 Å². The normalized spacial score (nSPS) is 10.5. The van der Waals surface area contributed by atoms with Crippen LogP contribution in [0, 0.1) is 0 Å². The summed E-state index contributed by atoms with van der Waals surface area (Å²) in [4.78, 5) is 12.0. The molecule has 2 aromatic carbocycles. The molecule has 1 amide bonds. The van der Waals surface area contributed by atoms with Gasteiger partial charge in [-0.25, -0.2) is 0 Å².